The molecule has 0 spiro atoms. The lowest BCUT2D eigenvalue weighted by Gasteiger charge is -1.89. The van der Waals surface area contributed by atoms with Crippen molar-refractivity contribution in [2.75, 3.05) is 0 Å². The van der Waals surface area contributed by atoms with Crippen molar-refractivity contribution in [3.05, 3.63) is 15.6 Å². The number of carboxylic acid groups (broad SMARTS) is 1. The number of carbonyl (C=O) groups is 1. The molecule has 0 aliphatic rings. The third kappa shape index (κ3) is 1.83. The number of hydrogen-bond donors (Lipinski definition) is 1. The summed E-state index contributed by atoms with van der Waals surface area (Å²) in [6, 6.07) is 0. The van der Waals surface area contributed by atoms with Crippen LogP contribution in [0.15, 0.2) is 0 Å². The SMILES string of the molecule is C#Cc1sc(C)nc1CC(=O)O. The standard InChI is InChI=1S/C8H7NO2S/c1-3-7-6(4-8(10)11)9-5(2)12-7/h1H,4H2,2H3,(H,10,11). The molecule has 3 nitrogen and oxygen atoms in total. The van der Waals surface area contributed by atoms with E-state index in [2.05, 4.69) is 10.9 Å². The lowest BCUT2D eigenvalue weighted by atomic mass is 10.3. The van der Waals surface area contributed by atoms with Gasteiger partial charge >= 0.3 is 5.97 Å². The molecule has 0 aliphatic carbocycles. The van der Waals surface area contributed by atoms with Crippen LogP contribution in [0.3, 0.4) is 0 Å². The number of thiazole rings is 1. The molecule has 0 saturated heterocycles. The van der Waals surface area contributed by atoms with Crippen LogP contribution in [0.5, 0.6) is 0 Å². The van der Waals surface area contributed by atoms with Crippen LogP contribution >= 0.6 is 11.3 Å². The van der Waals surface area contributed by atoms with E-state index in [4.69, 9.17) is 11.5 Å². The molecule has 1 rings (SSSR count). The van der Waals surface area contributed by atoms with Gasteiger partial charge in [-0.15, -0.1) is 17.8 Å². The van der Waals surface area contributed by atoms with E-state index in [1.807, 2.05) is 0 Å². The monoisotopic (exact) mass is 181 g/mol. The van der Waals surface area contributed by atoms with Gasteiger partial charge in [-0.25, -0.2) is 4.98 Å². The van der Waals surface area contributed by atoms with Crippen molar-refractivity contribution < 1.29 is 9.90 Å². The molecule has 0 aliphatic heterocycles. The third-order valence-corrected chi connectivity index (χ3v) is 2.20. The maximum absolute atomic E-state index is 10.3. The zero-order valence-corrected chi connectivity index (χ0v) is 7.31. The molecule has 0 fully saturated rings. The summed E-state index contributed by atoms with van der Waals surface area (Å²) in [7, 11) is 0. The number of aryl methyl sites for hydroxylation is 1. The summed E-state index contributed by atoms with van der Waals surface area (Å²) in [6.45, 7) is 1.80. The molecule has 1 heterocycles. The van der Waals surface area contributed by atoms with Gasteiger partial charge in [0.15, 0.2) is 0 Å². The molecule has 0 atom stereocenters. The van der Waals surface area contributed by atoms with E-state index in [1.54, 1.807) is 6.92 Å². The highest BCUT2D eigenvalue weighted by Crippen LogP contribution is 2.16. The molecule has 1 aromatic heterocycles. The molecular formula is C8H7NO2S. The molecule has 0 radical (unpaired) electrons. The molecular weight excluding hydrogens is 174 g/mol. The summed E-state index contributed by atoms with van der Waals surface area (Å²) in [5.74, 6) is 1.51. The first-order valence-corrected chi connectivity index (χ1v) is 4.10. The Balaban J connectivity index is 2.99. The maximum atomic E-state index is 10.3. The number of nitrogens with zero attached hydrogens (tertiary/aromatic N) is 1. The number of rotatable bonds is 2. The van der Waals surface area contributed by atoms with Crippen LogP contribution in [0.25, 0.3) is 0 Å². The molecule has 0 aromatic carbocycles. The van der Waals surface area contributed by atoms with Gasteiger partial charge in [0.25, 0.3) is 0 Å². The fraction of sp³-hybridized carbons (Fsp3) is 0.250. The van der Waals surface area contributed by atoms with Crippen molar-refractivity contribution in [3.63, 3.8) is 0 Å². The summed E-state index contributed by atoms with van der Waals surface area (Å²) in [4.78, 5) is 15.0. The fourth-order valence-electron chi connectivity index (χ4n) is 0.846. The second-order valence-corrected chi connectivity index (χ2v) is 3.43. The summed E-state index contributed by atoms with van der Waals surface area (Å²) in [5, 5.41) is 9.30. The van der Waals surface area contributed by atoms with Crippen molar-refractivity contribution in [1.82, 2.24) is 4.98 Å². The Labute approximate surface area is 74.1 Å². The van der Waals surface area contributed by atoms with Crippen molar-refractivity contribution in [3.8, 4) is 12.3 Å². The number of aromatic nitrogens is 1. The van der Waals surface area contributed by atoms with Gasteiger partial charge in [-0.1, -0.05) is 5.92 Å². The van der Waals surface area contributed by atoms with E-state index in [1.165, 1.54) is 11.3 Å². The molecule has 1 aromatic rings. The van der Waals surface area contributed by atoms with Gasteiger partial charge in [0.1, 0.15) is 4.88 Å². The van der Waals surface area contributed by atoms with Crippen molar-refractivity contribution in [1.29, 1.82) is 0 Å². The molecule has 0 bridgehead atoms. The molecule has 4 heteroatoms. The molecule has 62 valence electrons. The van der Waals surface area contributed by atoms with Crippen LogP contribution in [0, 0.1) is 19.3 Å². The van der Waals surface area contributed by atoms with Crippen LogP contribution in [-0.2, 0) is 11.2 Å². The first-order valence-electron chi connectivity index (χ1n) is 3.28. The maximum Gasteiger partial charge on any atom is 0.309 e. The van der Waals surface area contributed by atoms with Crippen LogP contribution < -0.4 is 0 Å². The lowest BCUT2D eigenvalue weighted by Crippen LogP contribution is -2.01. The zero-order valence-electron chi connectivity index (χ0n) is 6.50. The Kier molecular flexibility index (Phi) is 2.46. The molecule has 0 saturated carbocycles. The topological polar surface area (TPSA) is 50.2 Å². The molecule has 12 heavy (non-hydrogen) atoms. The predicted octanol–water partition coefficient (Wildman–Crippen LogP) is 1.06. The Bertz CT molecular complexity index is 348. The van der Waals surface area contributed by atoms with Crippen molar-refractivity contribution >= 4 is 17.3 Å². The second kappa shape index (κ2) is 3.37. The molecule has 1 N–H and O–H groups in total. The van der Waals surface area contributed by atoms with E-state index < -0.39 is 5.97 Å². The minimum atomic E-state index is -0.906. The summed E-state index contributed by atoms with van der Waals surface area (Å²) in [5.41, 5.74) is 0.493. The van der Waals surface area contributed by atoms with E-state index in [0.29, 0.717) is 10.6 Å². The average Bonchev–Trinajstić information content (AvgIpc) is 2.29. The van der Waals surface area contributed by atoms with Crippen LogP contribution in [-0.4, -0.2) is 16.1 Å². The minimum Gasteiger partial charge on any atom is -0.481 e. The number of hydrogen-bond acceptors (Lipinski definition) is 3. The van der Waals surface area contributed by atoms with E-state index >= 15 is 0 Å². The van der Waals surface area contributed by atoms with Gasteiger partial charge in [0.05, 0.1) is 17.1 Å². The number of terminal acetylenes is 1. The normalized spacial score (nSPS) is 9.33. The molecule has 0 unspecified atom stereocenters. The average molecular weight is 181 g/mol. The lowest BCUT2D eigenvalue weighted by molar-refractivity contribution is -0.136. The van der Waals surface area contributed by atoms with Gasteiger partial charge in [-0.05, 0) is 6.92 Å². The second-order valence-electron chi connectivity index (χ2n) is 2.22. The van der Waals surface area contributed by atoms with Crippen molar-refractivity contribution in [2.24, 2.45) is 0 Å². The Morgan fingerprint density at radius 3 is 3.00 bits per heavy atom. The van der Waals surface area contributed by atoms with Crippen molar-refractivity contribution in [2.45, 2.75) is 13.3 Å². The summed E-state index contributed by atoms with van der Waals surface area (Å²) in [6.07, 6.45) is 5.07. The highest BCUT2D eigenvalue weighted by molar-refractivity contribution is 7.12. The van der Waals surface area contributed by atoms with E-state index in [9.17, 15) is 4.79 Å². The van der Waals surface area contributed by atoms with Gasteiger partial charge < -0.3 is 5.11 Å². The summed E-state index contributed by atoms with van der Waals surface area (Å²) < 4.78 is 0. The van der Waals surface area contributed by atoms with Crippen LogP contribution in [0.1, 0.15) is 15.6 Å². The largest absolute Gasteiger partial charge is 0.481 e. The first-order chi connectivity index (χ1) is 5.63. The highest BCUT2D eigenvalue weighted by atomic mass is 32.1. The smallest absolute Gasteiger partial charge is 0.309 e. The Hall–Kier alpha value is -1.34. The zero-order chi connectivity index (χ0) is 9.14. The van der Waals surface area contributed by atoms with Crippen LogP contribution in [0.4, 0.5) is 0 Å². The molecule has 0 amide bonds. The van der Waals surface area contributed by atoms with Gasteiger partial charge in [-0.3, -0.25) is 4.79 Å². The predicted molar refractivity (Wildman–Crippen MR) is 46.1 cm³/mol. The Morgan fingerprint density at radius 2 is 2.50 bits per heavy atom. The number of aliphatic carboxylic acids is 1. The quantitative estimate of drug-likeness (QED) is 0.694. The Morgan fingerprint density at radius 1 is 1.83 bits per heavy atom. The highest BCUT2D eigenvalue weighted by Gasteiger charge is 2.09. The van der Waals surface area contributed by atoms with Gasteiger partial charge in [0, 0.05) is 0 Å². The minimum absolute atomic E-state index is 0.0934. The van der Waals surface area contributed by atoms with E-state index in [-0.39, 0.29) is 6.42 Å². The van der Waals surface area contributed by atoms with E-state index in [0.717, 1.165) is 5.01 Å². The third-order valence-electron chi connectivity index (χ3n) is 1.25. The first kappa shape index (κ1) is 8.75. The summed E-state index contributed by atoms with van der Waals surface area (Å²) >= 11 is 1.35. The fourth-order valence-corrected chi connectivity index (χ4v) is 1.59. The van der Waals surface area contributed by atoms with Gasteiger partial charge in [-0.2, -0.15) is 0 Å². The van der Waals surface area contributed by atoms with Gasteiger partial charge in [0.2, 0.25) is 0 Å². The van der Waals surface area contributed by atoms with Crippen LogP contribution in [0.2, 0.25) is 0 Å². The number of carboxylic acids is 1.